The van der Waals surface area contributed by atoms with E-state index in [1.807, 2.05) is 11.9 Å². The van der Waals surface area contributed by atoms with Crippen molar-refractivity contribution in [3.63, 3.8) is 0 Å². The van der Waals surface area contributed by atoms with E-state index < -0.39 is 5.82 Å². The van der Waals surface area contributed by atoms with Crippen LogP contribution < -0.4 is 5.32 Å². The summed E-state index contributed by atoms with van der Waals surface area (Å²) in [6.45, 7) is 1.52. The van der Waals surface area contributed by atoms with Crippen molar-refractivity contribution in [1.82, 2.24) is 10.2 Å². The number of nitrogens with zero attached hydrogens (tertiary/aromatic N) is 1. The molecule has 0 radical (unpaired) electrons. The standard InChI is InChI=1S/C14H18ClFN2O/c1-17-9-10-4-3-7-18(10)14(19)8-11-12(15)5-2-6-13(11)16/h2,5-6,10,17H,3-4,7-9H2,1H3/t10-/m1/s1. The first-order chi connectivity index (χ1) is 9.13. The van der Waals surface area contributed by atoms with Gasteiger partial charge in [-0.25, -0.2) is 4.39 Å². The van der Waals surface area contributed by atoms with Crippen LogP contribution in [0, 0.1) is 5.82 Å². The summed E-state index contributed by atoms with van der Waals surface area (Å²) in [6.07, 6.45) is 2.03. The topological polar surface area (TPSA) is 32.3 Å². The smallest absolute Gasteiger partial charge is 0.227 e. The van der Waals surface area contributed by atoms with E-state index in [1.165, 1.54) is 6.07 Å². The number of hydrogen-bond acceptors (Lipinski definition) is 2. The average molecular weight is 285 g/mol. The van der Waals surface area contributed by atoms with Crippen LogP contribution in [0.2, 0.25) is 5.02 Å². The molecular weight excluding hydrogens is 267 g/mol. The Morgan fingerprint density at radius 2 is 2.37 bits per heavy atom. The number of benzene rings is 1. The molecule has 1 N–H and O–H groups in total. The van der Waals surface area contributed by atoms with Crippen molar-refractivity contribution in [3.8, 4) is 0 Å². The Balaban J connectivity index is 2.08. The minimum absolute atomic E-state index is 0.0335. The highest BCUT2D eigenvalue weighted by Gasteiger charge is 2.28. The molecule has 5 heteroatoms. The molecule has 1 aliphatic rings. The molecule has 0 aromatic heterocycles. The van der Waals surface area contributed by atoms with Crippen LogP contribution in [0.15, 0.2) is 18.2 Å². The van der Waals surface area contributed by atoms with Gasteiger partial charge < -0.3 is 10.2 Å². The van der Waals surface area contributed by atoms with Crippen LogP contribution in [-0.4, -0.2) is 37.0 Å². The molecule has 3 nitrogen and oxygen atoms in total. The summed E-state index contributed by atoms with van der Waals surface area (Å²) < 4.78 is 13.7. The van der Waals surface area contributed by atoms with Crippen molar-refractivity contribution in [1.29, 1.82) is 0 Å². The summed E-state index contributed by atoms with van der Waals surface area (Å²) in [5.74, 6) is -0.463. The van der Waals surface area contributed by atoms with Crippen LogP contribution in [0.1, 0.15) is 18.4 Å². The van der Waals surface area contributed by atoms with E-state index in [9.17, 15) is 9.18 Å². The second kappa shape index (κ2) is 6.35. The van der Waals surface area contributed by atoms with E-state index in [0.29, 0.717) is 10.6 Å². The molecule has 2 rings (SSSR count). The lowest BCUT2D eigenvalue weighted by Gasteiger charge is -2.24. The van der Waals surface area contributed by atoms with Gasteiger partial charge in [0.2, 0.25) is 5.91 Å². The van der Waals surface area contributed by atoms with Crippen molar-refractivity contribution in [3.05, 3.63) is 34.6 Å². The first kappa shape index (κ1) is 14.3. The van der Waals surface area contributed by atoms with Crippen LogP contribution >= 0.6 is 11.6 Å². The quantitative estimate of drug-likeness (QED) is 0.920. The van der Waals surface area contributed by atoms with Crippen molar-refractivity contribution >= 4 is 17.5 Å². The Morgan fingerprint density at radius 1 is 1.58 bits per heavy atom. The molecule has 1 fully saturated rings. The van der Waals surface area contributed by atoms with Gasteiger partial charge in [0.15, 0.2) is 0 Å². The predicted octanol–water partition coefficient (Wildman–Crippen LogP) is 2.23. The third-order valence-corrected chi connectivity index (χ3v) is 3.88. The lowest BCUT2D eigenvalue weighted by atomic mass is 10.1. The molecular formula is C14H18ClFN2O. The minimum atomic E-state index is -0.412. The zero-order valence-corrected chi connectivity index (χ0v) is 11.7. The van der Waals surface area contributed by atoms with Gasteiger partial charge in [0, 0.05) is 29.7 Å². The SMILES string of the molecule is CNC[C@H]1CCCN1C(=O)Cc1c(F)cccc1Cl. The molecule has 0 bridgehead atoms. The number of hydrogen-bond donors (Lipinski definition) is 1. The fraction of sp³-hybridized carbons (Fsp3) is 0.500. The van der Waals surface area contributed by atoms with Crippen LogP contribution in [0.3, 0.4) is 0 Å². The summed E-state index contributed by atoms with van der Waals surface area (Å²) >= 11 is 5.95. The first-order valence-electron chi connectivity index (χ1n) is 6.50. The number of nitrogens with one attached hydrogen (secondary N) is 1. The van der Waals surface area contributed by atoms with Gasteiger partial charge in [0.25, 0.3) is 0 Å². The fourth-order valence-electron chi connectivity index (χ4n) is 2.57. The molecule has 1 heterocycles. The maximum Gasteiger partial charge on any atom is 0.227 e. The third-order valence-electron chi connectivity index (χ3n) is 3.53. The fourth-order valence-corrected chi connectivity index (χ4v) is 2.80. The normalized spacial score (nSPS) is 18.9. The Kier molecular flexibility index (Phi) is 4.77. The molecule has 1 aromatic rings. The summed E-state index contributed by atoms with van der Waals surface area (Å²) in [7, 11) is 1.87. The Hall–Kier alpha value is -1.13. The number of halogens is 2. The van der Waals surface area contributed by atoms with Crippen molar-refractivity contribution in [2.45, 2.75) is 25.3 Å². The lowest BCUT2D eigenvalue weighted by Crippen LogP contribution is -2.41. The Morgan fingerprint density at radius 3 is 3.05 bits per heavy atom. The average Bonchev–Trinajstić information content (AvgIpc) is 2.83. The Bertz CT molecular complexity index is 447. The van der Waals surface area contributed by atoms with Crippen LogP contribution in [-0.2, 0) is 11.2 Å². The minimum Gasteiger partial charge on any atom is -0.338 e. The molecule has 0 aliphatic carbocycles. The summed E-state index contributed by atoms with van der Waals surface area (Å²) in [5.41, 5.74) is 0.296. The zero-order valence-electron chi connectivity index (χ0n) is 11.0. The maximum absolute atomic E-state index is 13.7. The van der Waals surface area contributed by atoms with Crippen LogP contribution in [0.25, 0.3) is 0 Å². The van der Waals surface area contributed by atoms with Gasteiger partial charge in [0.05, 0.1) is 6.42 Å². The number of rotatable bonds is 4. The van der Waals surface area contributed by atoms with Gasteiger partial charge >= 0.3 is 0 Å². The molecule has 1 aromatic carbocycles. The highest BCUT2D eigenvalue weighted by Crippen LogP contribution is 2.23. The number of amides is 1. The van der Waals surface area contributed by atoms with E-state index in [-0.39, 0.29) is 18.4 Å². The summed E-state index contributed by atoms with van der Waals surface area (Å²) in [5, 5.41) is 3.40. The van der Waals surface area contributed by atoms with Gasteiger partial charge in [-0.05, 0) is 32.0 Å². The maximum atomic E-state index is 13.7. The Labute approximate surface area is 117 Å². The number of carbonyl (C=O) groups excluding carboxylic acids is 1. The number of likely N-dealkylation sites (tertiary alicyclic amines) is 1. The van der Waals surface area contributed by atoms with Crippen molar-refractivity contribution in [2.75, 3.05) is 20.1 Å². The van der Waals surface area contributed by atoms with Gasteiger partial charge in [0.1, 0.15) is 5.82 Å². The predicted molar refractivity (Wildman–Crippen MR) is 73.8 cm³/mol. The van der Waals surface area contributed by atoms with Gasteiger partial charge in [-0.3, -0.25) is 4.79 Å². The second-order valence-electron chi connectivity index (χ2n) is 4.82. The van der Waals surface area contributed by atoms with Crippen LogP contribution in [0.4, 0.5) is 4.39 Å². The van der Waals surface area contributed by atoms with E-state index in [1.54, 1.807) is 12.1 Å². The number of likely N-dealkylation sites (N-methyl/N-ethyl adjacent to an activating group) is 1. The van der Waals surface area contributed by atoms with Gasteiger partial charge in [-0.1, -0.05) is 17.7 Å². The van der Waals surface area contributed by atoms with Crippen molar-refractivity contribution in [2.24, 2.45) is 0 Å². The van der Waals surface area contributed by atoms with Gasteiger partial charge in [-0.2, -0.15) is 0 Å². The van der Waals surface area contributed by atoms with Crippen LogP contribution in [0.5, 0.6) is 0 Å². The number of carbonyl (C=O) groups is 1. The second-order valence-corrected chi connectivity index (χ2v) is 5.23. The zero-order chi connectivity index (χ0) is 13.8. The highest BCUT2D eigenvalue weighted by molar-refractivity contribution is 6.31. The largest absolute Gasteiger partial charge is 0.338 e. The monoisotopic (exact) mass is 284 g/mol. The molecule has 1 atom stereocenters. The highest BCUT2D eigenvalue weighted by atomic mass is 35.5. The third kappa shape index (κ3) is 3.25. The molecule has 0 spiro atoms. The molecule has 0 saturated carbocycles. The van der Waals surface area contributed by atoms with E-state index in [0.717, 1.165) is 25.9 Å². The lowest BCUT2D eigenvalue weighted by molar-refractivity contribution is -0.131. The van der Waals surface area contributed by atoms with Gasteiger partial charge in [-0.15, -0.1) is 0 Å². The van der Waals surface area contributed by atoms with E-state index in [2.05, 4.69) is 5.32 Å². The summed E-state index contributed by atoms with van der Waals surface area (Å²) in [6, 6.07) is 4.71. The molecule has 1 amide bonds. The molecule has 1 saturated heterocycles. The first-order valence-corrected chi connectivity index (χ1v) is 6.88. The van der Waals surface area contributed by atoms with E-state index in [4.69, 9.17) is 11.6 Å². The molecule has 0 unspecified atom stereocenters. The molecule has 19 heavy (non-hydrogen) atoms. The van der Waals surface area contributed by atoms with Crippen molar-refractivity contribution < 1.29 is 9.18 Å². The molecule has 104 valence electrons. The van der Waals surface area contributed by atoms with E-state index >= 15 is 0 Å². The summed E-state index contributed by atoms with van der Waals surface area (Å²) in [4.78, 5) is 14.1. The molecule has 1 aliphatic heterocycles.